The van der Waals surface area contributed by atoms with Crippen LogP contribution in [0.15, 0.2) is 71.3 Å². The van der Waals surface area contributed by atoms with E-state index in [0.29, 0.717) is 23.4 Å². The molecule has 1 aliphatic heterocycles. The molecule has 33 heavy (non-hydrogen) atoms. The number of nitrogens with one attached hydrogen (secondary N) is 1. The van der Waals surface area contributed by atoms with Gasteiger partial charge in [0.25, 0.3) is 11.8 Å². The van der Waals surface area contributed by atoms with Crippen molar-refractivity contribution in [2.75, 3.05) is 32.1 Å². The lowest BCUT2D eigenvalue weighted by atomic mass is 10.0. The maximum Gasteiger partial charge on any atom is 0.256 e. The van der Waals surface area contributed by atoms with Crippen LogP contribution in [0.5, 0.6) is 5.75 Å². The van der Waals surface area contributed by atoms with Crippen molar-refractivity contribution in [2.24, 2.45) is 0 Å². The van der Waals surface area contributed by atoms with Gasteiger partial charge < -0.3 is 24.3 Å². The standard InChI is InChI=1S/C26H29N3O4/c1-28(18-22-9-6-16-33-22)26(31)23-10-3-4-11-24(23)29-14-12-20(13-15-29)27-25(30)19-7-5-8-21(17-19)32-2/h3-11,16-17,20H,12-15,18H2,1-2H3,(H,27,30). The minimum absolute atomic E-state index is 0.0459. The molecule has 1 saturated heterocycles. The molecule has 2 heterocycles. The zero-order chi connectivity index (χ0) is 23.2. The summed E-state index contributed by atoms with van der Waals surface area (Å²) in [5, 5.41) is 3.13. The fourth-order valence-corrected chi connectivity index (χ4v) is 4.14. The molecule has 7 heteroatoms. The Hall–Kier alpha value is -3.74. The van der Waals surface area contributed by atoms with Crippen molar-refractivity contribution in [1.29, 1.82) is 0 Å². The highest BCUT2D eigenvalue weighted by molar-refractivity contribution is 5.99. The summed E-state index contributed by atoms with van der Waals surface area (Å²) in [7, 11) is 3.37. The first kappa shape index (κ1) is 22.5. The van der Waals surface area contributed by atoms with Crippen LogP contribution >= 0.6 is 0 Å². The van der Waals surface area contributed by atoms with Gasteiger partial charge in [-0.25, -0.2) is 0 Å². The summed E-state index contributed by atoms with van der Waals surface area (Å²) < 4.78 is 10.6. The Balaban J connectivity index is 1.38. The van der Waals surface area contributed by atoms with E-state index in [9.17, 15) is 9.59 Å². The number of piperidine rings is 1. The Morgan fingerprint density at radius 1 is 1.09 bits per heavy atom. The van der Waals surface area contributed by atoms with Crippen LogP contribution in [-0.4, -0.2) is 50.0 Å². The smallest absolute Gasteiger partial charge is 0.256 e. The first-order chi connectivity index (χ1) is 16.0. The number of ether oxygens (including phenoxy) is 1. The number of amides is 2. The third-order valence-corrected chi connectivity index (χ3v) is 5.96. The maximum absolute atomic E-state index is 13.1. The predicted octanol–water partition coefficient (Wildman–Crippen LogP) is 3.96. The molecule has 3 aromatic rings. The molecule has 0 saturated carbocycles. The summed E-state index contributed by atoms with van der Waals surface area (Å²) in [6.45, 7) is 1.93. The van der Waals surface area contributed by atoms with E-state index in [2.05, 4.69) is 10.2 Å². The molecule has 2 amide bonds. The molecule has 7 nitrogen and oxygen atoms in total. The number of hydrogen-bond donors (Lipinski definition) is 1. The van der Waals surface area contributed by atoms with Gasteiger partial charge in [0.2, 0.25) is 0 Å². The second-order valence-corrected chi connectivity index (χ2v) is 8.22. The van der Waals surface area contributed by atoms with Gasteiger partial charge in [0.05, 0.1) is 25.5 Å². The summed E-state index contributed by atoms with van der Waals surface area (Å²) in [4.78, 5) is 29.7. The lowest BCUT2D eigenvalue weighted by molar-refractivity contribution is 0.0776. The van der Waals surface area contributed by atoms with E-state index >= 15 is 0 Å². The van der Waals surface area contributed by atoms with E-state index in [4.69, 9.17) is 9.15 Å². The van der Waals surface area contributed by atoms with Crippen molar-refractivity contribution in [3.05, 3.63) is 83.8 Å². The van der Waals surface area contributed by atoms with Gasteiger partial charge in [0, 0.05) is 37.4 Å². The minimum atomic E-state index is -0.0949. The molecule has 0 aliphatic carbocycles. The molecule has 172 valence electrons. The molecule has 0 atom stereocenters. The SMILES string of the molecule is COc1cccc(C(=O)NC2CCN(c3ccccc3C(=O)N(C)Cc3ccco3)CC2)c1. The summed E-state index contributed by atoms with van der Waals surface area (Å²) in [5.74, 6) is 1.27. The number of benzene rings is 2. The van der Waals surface area contributed by atoms with Gasteiger partial charge in [-0.1, -0.05) is 18.2 Å². The summed E-state index contributed by atoms with van der Waals surface area (Å²) in [6, 6.07) is 18.6. The molecule has 1 N–H and O–H groups in total. The van der Waals surface area contributed by atoms with E-state index in [-0.39, 0.29) is 17.9 Å². The van der Waals surface area contributed by atoms with E-state index in [0.717, 1.165) is 37.4 Å². The highest BCUT2D eigenvalue weighted by Crippen LogP contribution is 2.26. The van der Waals surface area contributed by atoms with E-state index in [1.165, 1.54) is 0 Å². The molecule has 1 fully saturated rings. The van der Waals surface area contributed by atoms with Crippen molar-refractivity contribution in [2.45, 2.75) is 25.4 Å². The Morgan fingerprint density at radius 2 is 1.88 bits per heavy atom. The van der Waals surface area contributed by atoms with Crippen LogP contribution < -0.4 is 15.0 Å². The number of carbonyl (C=O) groups is 2. The molecule has 1 aromatic heterocycles. The number of furan rings is 1. The molecule has 0 radical (unpaired) electrons. The molecule has 4 rings (SSSR count). The number of hydrogen-bond acceptors (Lipinski definition) is 5. The van der Waals surface area contributed by atoms with Crippen LogP contribution in [0.1, 0.15) is 39.3 Å². The molecule has 0 spiro atoms. The van der Waals surface area contributed by atoms with Crippen LogP contribution in [0.4, 0.5) is 5.69 Å². The van der Waals surface area contributed by atoms with Gasteiger partial charge in [0.1, 0.15) is 11.5 Å². The van der Waals surface area contributed by atoms with Crippen LogP contribution in [0.2, 0.25) is 0 Å². The Kier molecular flexibility index (Phi) is 6.98. The fraction of sp³-hybridized carbons (Fsp3) is 0.308. The summed E-state index contributed by atoms with van der Waals surface area (Å²) in [6.07, 6.45) is 3.22. The first-order valence-corrected chi connectivity index (χ1v) is 11.1. The average Bonchev–Trinajstić information content (AvgIpc) is 3.37. The normalized spacial score (nSPS) is 14.1. The fourth-order valence-electron chi connectivity index (χ4n) is 4.14. The largest absolute Gasteiger partial charge is 0.497 e. The van der Waals surface area contributed by atoms with Crippen molar-refractivity contribution >= 4 is 17.5 Å². The number of methoxy groups -OCH3 is 1. The number of nitrogens with zero attached hydrogens (tertiary/aromatic N) is 2. The second kappa shape index (κ2) is 10.3. The van der Waals surface area contributed by atoms with Crippen molar-refractivity contribution in [3.8, 4) is 5.75 Å². The summed E-state index contributed by atoms with van der Waals surface area (Å²) >= 11 is 0. The number of rotatable bonds is 7. The van der Waals surface area contributed by atoms with Crippen molar-refractivity contribution in [1.82, 2.24) is 10.2 Å². The van der Waals surface area contributed by atoms with Gasteiger partial charge >= 0.3 is 0 Å². The first-order valence-electron chi connectivity index (χ1n) is 11.1. The average molecular weight is 448 g/mol. The van der Waals surface area contributed by atoms with E-state index in [1.54, 1.807) is 37.5 Å². The van der Waals surface area contributed by atoms with Crippen molar-refractivity contribution < 1.29 is 18.7 Å². The number of anilines is 1. The number of carbonyl (C=O) groups excluding carboxylic acids is 2. The monoisotopic (exact) mass is 447 g/mol. The summed E-state index contributed by atoms with van der Waals surface area (Å²) in [5.41, 5.74) is 2.18. The maximum atomic E-state index is 13.1. The number of para-hydroxylation sites is 1. The quantitative estimate of drug-likeness (QED) is 0.593. The second-order valence-electron chi connectivity index (χ2n) is 8.22. The third-order valence-electron chi connectivity index (χ3n) is 5.96. The topological polar surface area (TPSA) is 75.0 Å². The Labute approximate surface area is 193 Å². The molecule has 1 aliphatic rings. The minimum Gasteiger partial charge on any atom is -0.497 e. The zero-order valence-electron chi connectivity index (χ0n) is 19.0. The highest BCUT2D eigenvalue weighted by atomic mass is 16.5. The van der Waals surface area contributed by atoms with Gasteiger partial charge in [-0.3, -0.25) is 9.59 Å². The Morgan fingerprint density at radius 3 is 2.61 bits per heavy atom. The van der Waals surface area contributed by atoms with E-state index in [1.807, 2.05) is 48.5 Å². The van der Waals surface area contributed by atoms with Gasteiger partial charge in [0.15, 0.2) is 0 Å². The Bertz CT molecular complexity index is 1090. The van der Waals surface area contributed by atoms with Crippen LogP contribution in [0.25, 0.3) is 0 Å². The molecule has 0 unspecified atom stereocenters. The van der Waals surface area contributed by atoms with Crippen LogP contribution in [-0.2, 0) is 6.54 Å². The van der Waals surface area contributed by atoms with E-state index < -0.39 is 0 Å². The van der Waals surface area contributed by atoms with Crippen LogP contribution in [0.3, 0.4) is 0 Å². The molecular weight excluding hydrogens is 418 g/mol. The van der Waals surface area contributed by atoms with Crippen LogP contribution in [0, 0.1) is 0 Å². The lowest BCUT2D eigenvalue weighted by Crippen LogP contribution is -2.45. The molecular formula is C26H29N3O4. The molecule has 2 aromatic carbocycles. The third kappa shape index (κ3) is 5.37. The lowest BCUT2D eigenvalue weighted by Gasteiger charge is -2.35. The van der Waals surface area contributed by atoms with Crippen molar-refractivity contribution in [3.63, 3.8) is 0 Å². The van der Waals surface area contributed by atoms with Gasteiger partial charge in [-0.15, -0.1) is 0 Å². The highest BCUT2D eigenvalue weighted by Gasteiger charge is 2.25. The molecule has 0 bridgehead atoms. The van der Waals surface area contributed by atoms with Gasteiger partial charge in [-0.2, -0.15) is 0 Å². The predicted molar refractivity (Wildman–Crippen MR) is 127 cm³/mol. The zero-order valence-corrected chi connectivity index (χ0v) is 19.0. The van der Waals surface area contributed by atoms with Gasteiger partial charge in [-0.05, 0) is 55.3 Å².